The summed E-state index contributed by atoms with van der Waals surface area (Å²) in [7, 11) is 0. The van der Waals surface area contributed by atoms with Crippen LogP contribution in [0, 0.1) is 20.2 Å². The molecule has 0 saturated carbocycles. The van der Waals surface area contributed by atoms with Gasteiger partial charge in [0.15, 0.2) is 6.29 Å². The number of aliphatic hydroxyl groups excluding tert-OH is 2. The predicted molar refractivity (Wildman–Crippen MR) is 109 cm³/mol. The second kappa shape index (κ2) is 16.8. The van der Waals surface area contributed by atoms with Gasteiger partial charge in [0.25, 0.3) is 0 Å². The fraction of sp³-hybridized carbons (Fsp3) is 0.750. The Bertz CT molecular complexity index is 537. The van der Waals surface area contributed by atoms with Crippen molar-refractivity contribution in [1.82, 2.24) is 0 Å². The van der Waals surface area contributed by atoms with Crippen molar-refractivity contribution in [1.29, 1.82) is 0 Å². The van der Waals surface area contributed by atoms with Crippen LogP contribution < -0.4 is 0 Å². The number of aliphatic hydroxyl groups is 2. The highest BCUT2D eigenvalue weighted by molar-refractivity contribution is 5.50. The minimum absolute atomic E-state index is 0.0568. The number of carbonyl (C=O) groups excluding carboxylic acids is 1. The number of hydrogen-bond donors (Lipinski definition) is 2. The van der Waals surface area contributed by atoms with Crippen LogP contribution in [0.25, 0.3) is 0 Å². The average Bonchev–Trinajstić information content (AvgIpc) is 2.67. The highest BCUT2D eigenvalue weighted by Crippen LogP contribution is 2.17. The predicted octanol–water partition coefficient (Wildman–Crippen LogP) is 3.14. The van der Waals surface area contributed by atoms with E-state index in [2.05, 4.69) is 6.92 Å². The van der Waals surface area contributed by atoms with Gasteiger partial charge in [-0.05, 0) is 32.1 Å². The summed E-state index contributed by atoms with van der Waals surface area (Å²) in [5, 5.41) is 42.9. The number of hydrogen-bond acceptors (Lipinski definition) is 7. The van der Waals surface area contributed by atoms with Crippen molar-refractivity contribution in [3.05, 3.63) is 44.5 Å². The van der Waals surface area contributed by atoms with Crippen LogP contribution >= 0.6 is 0 Å². The van der Waals surface area contributed by atoms with Gasteiger partial charge in [0.2, 0.25) is 12.1 Å². The van der Waals surface area contributed by atoms with Gasteiger partial charge in [0.1, 0.15) is 12.2 Å². The Balaban J connectivity index is 4.71. The standard InChI is InChI=1S/C20H33N2O7/c1-2-3-4-5-8-11-14-19(24)18(22(28)29)16-20(25)17(21(26)27)13-10-7-6-9-12-15-23/h7-8,10-11,17-20,24-25H,2-6,9,12-14,16H2,1H3/b10-7-,11-8-. The molecule has 165 valence electrons. The molecule has 0 heterocycles. The number of allylic oxidation sites excluding steroid dienone is 2. The molecule has 0 aromatic carbocycles. The summed E-state index contributed by atoms with van der Waals surface area (Å²) in [6.45, 7) is 2.08. The Labute approximate surface area is 171 Å². The zero-order valence-electron chi connectivity index (χ0n) is 17.0. The van der Waals surface area contributed by atoms with E-state index in [0.717, 1.165) is 25.7 Å². The molecule has 0 rings (SSSR count). The molecular formula is C20H33N2O7. The van der Waals surface area contributed by atoms with Gasteiger partial charge in [-0.1, -0.05) is 44.1 Å². The largest absolute Gasteiger partial charge is 0.386 e. The van der Waals surface area contributed by atoms with Gasteiger partial charge in [-0.2, -0.15) is 0 Å². The fourth-order valence-electron chi connectivity index (χ4n) is 2.84. The molecule has 0 fully saturated rings. The van der Waals surface area contributed by atoms with Crippen molar-refractivity contribution in [2.45, 2.75) is 95.4 Å². The summed E-state index contributed by atoms with van der Waals surface area (Å²) in [6.07, 6.45) is 10.5. The first kappa shape index (κ1) is 26.9. The molecule has 2 N–H and O–H groups in total. The van der Waals surface area contributed by atoms with Gasteiger partial charge in [-0.3, -0.25) is 25.0 Å². The monoisotopic (exact) mass is 413 g/mol. The van der Waals surface area contributed by atoms with E-state index in [1.165, 1.54) is 6.08 Å². The molecule has 4 atom stereocenters. The van der Waals surface area contributed by atoms with Crippen LogP contribution in [0.5, 0.6) is 0 Å². The highest BCUT2D eigenvalue weighted by atomic mass is 16.6. The van der Waals surface area contributed by atoms with Crippen molar-refractivity contribution in [2.24, 2.45) is 0 Å². The molecule has 9 heteroatoms. The molecule has 1 radical (unpaired) electrons. The number of nitro groups is 2. The van der Waals surface area contributed by atoms with Crippen LogP contribution in [0.2, 0.25) is 0 Å². The van der Waals surface area contributed by atoms with Crippen LogP contribution in [0.4, 0.5) is 0 Å². The Hall–Kier alpha value is -2.13. The van der Waals surface area contributed by atoms with Crippen LogP contribution in [0.3, 0.4) is 0 Å². The Morgan fingerprint density at radius 1 is 0.862 bits per heavy atom. The lowest BCUT2D eigenvalue weighted by molar-refractivity contribution is -0.553. The molecule has 0 aromatic heterocycles. The Morgan fingerprint density at radius 3 is 2.00 bits per heavy atom. The van der Waals surface area contributed by atoms with Crippen LogP contribution in [0.15, 0.2) is 24.3 Å². The van der Waals surface area contributed by atoms with Gasteiger partial charge < -0.3 is 10.2 Å². The first-order valence-corrected chi connectivity index (χ1v) is 10.1. The first-order valence-electron chi connectivity index (χ1n) is 10.1. The smallest absolute Gasteiger partial charge is 0.242 e. The average molecular weight is 413 g/mol. The molecule has 0 amide bonds. The van der Waals surface area contributed by atoms with E-state index in [1.54, 1.807) is 18.4 Å². The number of unbranched alkanes of at least 4 members (excludes halogenated alkanes) is 5. The lowest BCUT2D eigenvalue weighted by Crippen LogP contribution is -2.42. The summed E-state index contributed by atoms with van der Waals surface area (Å²) in [5.41, 5.74) is 0. The van der Waals surface area contributed by atoms with Crippen LogP contribution in [-0.4, -0.2) is 50.6 Å². The summed E-state index contributed by atoms with van der Waals surface area (Å²) in [4.78, 5) is 31.3. The maximum absolute atomic E-state index is 11.3. The molecule has 29 heavy (non-hydrogen) atoms. The molecule has 9 nitrogen and oxygen atoms in total. The lowest BCUT2D eigenvalue weighted by Gasteiger charge is -2.20. The fourth-order valence-corrected chi connectivity index (χ4v) is 2.84. The van der Waals surface area contributed by atoms with Gasteiger partial charge in [-0.15, -0.1) is 0 Å². The molecule has 0 aliphatic rings. The molecule has 0 saturated heterocycles. The third-order valence-corrected chi connectivity index (χ3v) is 4.63. The molecule has 0 bridgehead atoms. The maximum Gasteiger partial charge on any atom is 0.242 e. The highest BCUT2D eigenvalue weighted by Gasteiger charge is 2.38. The van der Waals surface area contributed by atoms with Gasteiger partial charge in [-0.25, -0.2) is 0 Å². The van der Waals surface area contributed by atoms with E-state index in [0.29, 0.717) is 12.8 Å². The number of rotatable bonds is 18. The van der Waals surface area contributed by atoms with Crippen LogP contribution in [0.1, 0.15) is 71.1 Å². The minimum Gasteiger partial charge on any atom is -0.386 e. The molecule has 0 aromatic rings. The minimum atomic E-state index is -1.56. The first-order chi connectivity index (χ1) is 13.8. The van der Waals surface area contributed by atoms with Crippen molar-refractivity contribution >= 4 is 6.29 Å². The van der Waals surface area contributed by atoms with Crippen molar-refractivity contribution in [2.75, 3.05) is 0 Å². The Kier molecular flexibility index (Phi) is 15.6. The molecular weight excluding hydrogens is 380 g/mol. The quantitative estimate of drug-likeness (QED) is 0.152. The topological polar surface area (TPSA) is 144 Å². The summed E-state index contributed by atoms with van der Waals surface area (Å²) in [6, 6.07) is -2.89. The van der Waals surface area contributed by atoms with E-state index in [1.807, 2.05) is 6.08 Å². The van der Waals surface area contributed by atoms with Crippen LogP contribution in [-0.2, 0) is 4.79 Å². The van der Waals surface area contributed by atoms with Crippen molar-refractivity contribution in [3.63, 3.8) is 0 Å². The van der Waals surface area contributed by atoms with Gasteiger partial charge in [0.05, 0.1) is 6.42 Å². The molecule has 4 unspecified atom stereocenters. The third kappa shape index (κ3) is 12.8. The van der Waals surface area contributed by atoms with Gasteiger partial charge >= 0.3 is 0 Å². The van der Waals surface area contributed by atoms with E-state index < -0.39 is 40.6 Å². The van der Waals surface area contributed by atoms with Crippen molar-refractivity contribution in [3.8, 4) is 0 Å². The number of nitrogens with zero attached hydrogens (tertiary/aromatic N) is 2. The zero-order valence-corrected chi connectivity index (χ0v) is 17.0. The maximum atomic E-state index is 11.3. The molecule has 0 aliphatic carbocycles. The van der Waals surface area contributed by atoms with E-state index >= 15 is 0 Å². The second-order valence-electron chi connectivity index (χ2n) is 7.02. The van der Waals surface area contributed by atoms with Crippen molar-refractivity contribution < 1.29 is 24.9 Å². The molecule has 0 aliphatic heterocycles. The zero-order chi connectivity index (χ0) is 22.1. The van der Waals surface area contributed by atoms with Gasteiger partial charge in [0, 0.05) is 22.7 Å². The van der Waals surface area contributed by atoms with E-state index in [9.17, 15) is 35.2 Å². The second-order valence-corrected chi connectivity index (χ2v) is 7.02. The third-order valence-electron chi connectivity index (χ3n) is 4.63. The lowest BCUT2D eigenvalue weighted by atomic mass is 9.96. The summed E-state index contributed by atoms with van der Waals surface area (Å²) < 4.78 is 0. The SMILES string of the molecule is CCCCC/C=C\CC(O)C(CC(O)C(C/C=C\CCC[C]=O)[N+](=O)[O-])[N+](=O)[O-]. The van der Waals surface area contributed by atoms with E-state index in [4.69, 9.17) is 0 Å². The Morgan fingerprint density at radius 2 is 1.45 bits per heavy atom. The summed E-state index contributed by atoms with van der Waals surface area (Å²) >= 11 is 0. The molecule has 0 spiro atoms. The van der Waals surface area contributed by atoms with E-state index in [-0.39, 0.29) is 19.3 Å². The normalized spacial score (nSPS) is 16.0. The summed E-state index contributed by atoms with van der Waals surface area (Å²) in [5.74, 6) is 0.